The Bertz CT molecular complexity index is 428. The monoisotopic (exact) mass is 249 g/mol. The smallest absolute Gasteiger partial charge is 0.164 e. The molecule has 0 radical (unpaired) electrons. The van der Waals surface area contributed by atoms with Gasteiger partial charge >= 0.3 is 0 Å². The highest BCUT2D eigenvalue weighted by molar-refractivity contribution is 5.98. The van der Waals surface area contributed by atoms with Crippen LogP contribution in [-0.4, -0.2) is 24.1 Å². The first kappa shape index (κ1) is 13.3. The molecule has 1 aliphatic rings. The Morgan fingerprint density at radius 2 is 2.22 bits per heavy atom. The summed E-state index contributed by atoms with van der Waals surface area (Å²) in [6, 6.07) is 2.43. The number of Topliss-reactive ketones (excluding diaryl/α,β-unsaturated/α-hetero) is 1. The molecule has 0 aromatic carbocycles. The van der Waals surface area contributed by atoms with Gasteiger partial charge in [0.25, 0.3) is 0 Å². The Kier molecular flexibility index (Phi) is 4.23. The summed E-state index contributed by atoms with van der Waals surface area (Å²) >= 11 is 0. The van der Waals surface area contributed by atoms with Crippen molar-refractivity contribution >= 4 is 5.78 Å². The molecule has 1 aliphatic carbocycles. The number of methoxy groups -OCH3 is 1. The van der Waals surface area contributed by atoms with Crippen molar-refractivity contribution in [3.05, 3.63) is 23.0 Å². The summed E-state index contributed by atoms with van der Waals surface area (Å²) in [6.45, 7) is 5.02. The molecule has 18 heavy (non-hydrogen) atoms. The number of ether oxygens (including phenoxy) is 1. The van der Waals surface area contributed by atoms with Gasteiger partial charge in [-0.1, -0.05) is 13.3 Å². The molecule has 1 unspecified atom stereocenters. The fourth-order valence-corrected chi connectivity index (χ4v) is 3.07. The molecule has 3 heteroatoms. The predicted molar refractivity (Wildman–Crippen MR) is 72.3 cm³/mol. The van der Waals surface area contributed by atoms with Crippen LogP contribution in [0.5, 0.6) is 0 Å². The van der Waals surface area contributed by atoms with Crippen molar-refractivity contribution in [1.29, 1.82) is 0 Å². The normalized spacial score (nSPS) is 16.7. The van der Waals surface area contributed by atoms with E-state index in [9.17, 15) is 4.79 Å². The van der Waals surface area contributed by atoms with E-state index in [1.165, 1.54) is 11.4 Å². The maximum absolute atomic E-state index is 11.9. The molecule has 0 bridgehead atoms. The second-order valence-electron chi connectivity index (χ2n) is 5.19. The van der Waals surface area contributed by atoms with Crippen molar-refractivity contribution in [1.82, 2.24) is 4.57 Å². The van der Waals surface area contributed by atoms with Gasteiger partial charge in [0.15, 0.2) is 5.78 Å². The third-order valence-electron chi connectivity index (χ3n) is 3.80. The Morgan fingerprint density at radius 3 is 2.89 bits per heavy atom. The fraction of sp³-hybridized carbons (Fsp3) is 0.667. The number of ketones is 1. The standard InChI is InChI=1S/C15H23NO2/c1-4-6-12(10-18-3)16-11(2)9-13-14(16)7-5-8-15(13)17/h9,12H,4-8,10H2,1-3H3. The Balaban J connectivity index is 2.39. The van der Waals surface area contributed by atoms with E-state index < -0.39 is 0 Å². The Labute approximate surface area is 109 Å². The summed E-state index contributed by atoms with van der Waals surface area (Å²) in [5.41, 5.74) is 3.39. The average Bonchev–Trinajstić information content (AvgIpc) is 2.67. The number of hydrogen-bond acceptors (Lipinski definition) is 2. The van der Waals surface area contributed by atoms with Crippen LogP contribution >= 0.6 is 0 Å². The lowest BCUT2D eigenvalue weighted by molar-refractivity contribution is 0.0970. The summed E-state index contributed by atoms with van der Waals surface area (Å²) < 4.78 is 7.69. The van der Waals surface area contributed by atoms with Crippen LogP contribution in [0.2, 0.25) is 0 Å². The van der Waals surface area contributed by atoms with Crippen molar-refractivity contribution in [3.63, 3.8) is 0 Å². The zero-order chi connectivity index (χ0) is 13.1. The summed E-state index contributed by atoms with van der Waals surface area (Å²) in [6.07, 6.45) is 4.96. The van der Waals surface area contributed by atoms with Crippen LogP contribution in [0.15, 0.2) is 6.07 Å². The predicted octanol–water partition coefficient (Wildman–Crippen LogP) is 3.30. The number of fused-ring (bicyclic) bond motifs is 1. The van der Waals surface area contributed by atoms with Gasteiger partial charge < -0.3 is 9.30 Å². The second kappa shape index (κ2) is 5.70. The lowest BCUT2D eigenvalue weighted by Crippen LogP contribution is -2.21. The molecule has 0 aliphatic heterocycles. The first-order valence-corrected chi connectivity index (χ1v) is 6.91. The zero-order valence-electron chi connectivity index (χ0n) is 11.7. The largest absolute Gasteiger partial charge is 0.383 e. The van der Waals surface area contributed by atoms with E-state index in [4.69, 9.17) is 4.74 Å². The summed E-state index contributed by atoms with van der Waals surface area (Å²) in [5, 5.41) is 0. The number of rotatable bonds is 5. The number of carbonyl (C=O) groups is 1. The van der Waals surface area contributed by atoms with Gasteiger partial charge in [0.1, 0.15) is 0 Å². The second-order valence-corrected chi connectivity index (χ2v) is 5.19. The Morgan fingerprint density at radius 1 is 1.44 bits per heavy atom. The van der Waals surface area contributed by atoms with Crippen LogP contribution in [-0.2, 0) is 11.2 Å². The van der Waals surface area contributed by atoms with Crippen LogP contribution in [0.25, 0.3) is 0 Å². The quantitative estimate of drug-likeness (QED) is 0.801. The number of carbonyl (C=O) groups excluding carboxylic acids is 1. The lowest BCUT2D eigenvalue weighted by Gasteiger charge is -2.24. The molecule has 3 nitrogen and oxygen atoms in total. The molecule has 0 saturated carbocycles. The minimum atomic E-state index is 0.311. The molecule has 1 aromatic heterocycles. The van der Waals surface area contributed by atoms with Gasteiger partial charge in [0, 0.05) is 30.5 Å². The SMILES string of the molecule is CCCC(COC)n1c(C)cc2c1CCCC2=O. The van der Waals surface area contributed by atoms with Gasteiger partial charge in [-0.15, -0.1) is 0 Å². The molecule has 2 rings (SSSR count). The topological polar surface area (TPSA) is 31.2 Å². The third kappa shape index (κ3) is 2.37. The van der Waals surface area contributed by atoms with Gasteiger partial charge in [0.05, 0.1) is 12.6 Å². The van der Waals surface area contributed by atoms with Gasteiger partial charge in [-0.2, -0.15) is 0 Å². The van der Waals surface area contributed by atoms with Crippen LogP contribution in [0, 0.1) is 6.92 Å². The first-order chi connectivity index (χ1) is 8.69. The number of aryl methyl sites for hydroxylation is 1. The molecule has 100 valence electrons. The summed E-state index contributed by atoms with van der Waals surface area (Å²) in [5.74, 6) is 0.311. The molecule has 0 saturated heterocycles. The van der Waals surface area contributed by atoms with Crippen LogP contribution < -0.4 is 0 Å². The molecular weight excluding hydrogens is 226 g/mol. The van der Waals surface area contributed by atoms with Crippen molar-refractivity contribution in [2.24, 2.45) is 0 Å². The molecule has 0 fully saturated rings. The van der Waals surface area contributed by atoms with Crippen LogP contribution in [0.1, 0.15) is 60.4 Å². The maximum atomic E-state index is 11.9. The summed E-state index contributed by atoms with van der Waals surface area (Å²) in [4.78, 5) is 11.9. The van der Waals surface area contributed by atoms with E-state index in [2.05, 4.69) is 24.5 Å². The average molecular weight is 249 g/mol. The molecule has 1 aromatic rings. The van der Waals surface area contributed by atoms with Crippen molar-refractivity contribution in [2.75, 3.05) is 13.7 Å². The van der Waals surface area contributed by atoms with E-state index in [1.54, 1.807) is 7.11 Å². The Hall–Kier alpha value is -1.09. The van der Waals surface area contributed by atoms with Gasteiger partial charge in [-0.25, -0.2) is 0 Å². The van der Waals surface area contributed by atoms with E-state index in [0.717, 1.165) is 37.9 Å². The van der Waals surface area contributed by atoms with E-state index in [1.807, 2.05) is 0 Å². The lowest BCUT2D eigenvalue weighted by atomic mass is 9.96. The minimum Gasteiger partial charge on any atom is -0.383 e. The molecule has 1 atom stereocenters. The van der Waals surface area contributed by atoms with E-state index in [0.29, 0.717) is 18.2 Å². The van der Waals surface area contributed by atoms with E-state index in [-0.39, 0.29) is 0 Å². The number of hydrogen-bond donors (Lipinski definition) is 0. The highest BCUT2D eigenvalue weighted by atomic mass is 16.5. The zero-order valence-corrected chi connectivity index (χ0v) is 11.7. The van der Waals surface area contributed by atoms with Gasteiger partial charge in [0.2, 0.25) is 0 Å². The van der Waals surface area contributed by atoms with Crippen molar-refractivity contribution < 1.29 is 9.53 Å². The van der Waals surface area contributed by atoms with Crippen molar-refractivity contribution in [2.45, 2.75) is 52.0 Å². The molecular formula is C15H23NO2. The van der Waals surface area contributed by atoms with Gasteiger partial charge in [-0.05, 0) is 32.3 Å². The third-order valence-corrected chi connectivity index (χ3v) is 3.80. The van der Waals surface area contributed by atoms with E-state index >= 15 is 0 Å². The number of aromatic nitrogens is 1. The molecule has 0 spiro atoms. The molecule has 1 heterocycles. The number of nitrogens with zero attached hydrogens (tertiary/aromatic N) is 1. The van der Waals surface area contributed by atoms with Crippen molar-refractivity contribution in [3.8, 4) is 0 Å². The van der Waals surface area contributed by atoms with Crippen LogP contribution in [0.3, 0.4) is 0 Å². The summed E-state index contributed by atoms with van der Waals surface area (Å²) in [7, 11) is 1.75. The van der Waals surface area contributed by atoms with Crippen LogP contribution in [0.4, 0.5) is 0 Å². The highest BCUT2D eigenvalue weighted by Crippen LogP contribution is 2.29. The molecule has 0 amide bonds. The molecule has 0 N–H and O–H groups in total. The maximum Gasteiger partial charge on any atom is 0.164 e. The van der Waals surface area contributed by atoms with Gasteiger partial charge in [-0.3, -0.25) is 4.79 Å². The first-order valence-electron chi connectivity index (χ1n) is 6.91. The fourth-order valence-electron chi connectivity index (χ4n) is 3.07. The minimum absolute atomic E-state index is 0.311. The highest BCUT2D eigenvalue weighted by Gasteiger charge is 2.25.